The minimum Gasteiger partial charge on any atom is -0.490 e. The molecular formula is C19H25NO3S. The summed E-state index contributed by atoms with van der Waals surface area (Å²) in [5.74, 6) is 1.65. The van der Waals surface area contributed by atoms with Crippen LogP contribution in [-0.4, -0.2) is 19.1 Å². The Bertz CT molecular complexity index is 653. The highest BCUT2D eigenvalue weighted by molar-refractivity contribution is 7.12. The minimum absolute atomic E-state index is 0.0458. The van der Waals surface area contributed by atoms with E-state index >= 15 is 0 Å². The van der Waals surface area contributed by atoms with Crippen LogP contribution in [0.25, 0.3) is 0 Å². The Morgan fingerprint density at radius 1 is 1.12 bits per heavy atom. The van der Waals surface area contributed by atoms with E-state index in [1.807, 2.05) is 49.6 Å². The lowest BCUT2D eigenvalue weighted by atomic mass is 9.95. The molecule has 130 valence electrons. The number of carbonyl (C=O) groups is 1. The van der Waals surface area contributed by atoms with Crippen molar-refractivity contribution in [2.24, 2.45) is 5.92 Å². The van der Waals surface area contributed by atoms with Crippen LogP contribution in [0.3, 0.4) is 0 Å². The van der Waals surface area contributed by atoms with Gasteiger partial charge in [0.2, 0.25) is 0 Å². The van der Waals surface area contributed by atoms with Crippen molar-refractivity contribution in [3.05, 3.63) is 46.2 Å². The van der Waals surface area contributed by atoms with E-state index < -0.39 is 0 Å². The smallest absolute Gasteiger partial charge is 0.261 e. The van der Waals surface area contributed by atoms with Crippen LogP contribution in [0.5, 0.6) is 11.5 Å². The van der Waals surface area contributed by atoms with Gasteiger partial charge in [0.1, 0.15) is 0 Å². The van der Waals surface area contributed by atoms with Crippen LogP contribution in [0.15, 0.2) is 35.7 Å². The fraction of sp³-hybridized carbons (Fsp3) is 0.421. The summed E-state index contributed by atoms with van der Waals surface area (Å²) < 4.78 is 11.3. The number of nitrogens with one attached hydrogen (secondary N) is 1. The summed E-state index contributed by atoms with van der Waals surface area (Å²) in [6, 6.07) is 9.50. The molecule has 0 fully saturated rings. The third-order valence-corrected chi connectivity index (χ3v) is 4.49. The first kappa shape index (κ1) is 18.3. The predicted molar refractivity (Wildman–Crippen MR) is 98.1 cm³/mol. The van der Waals surface area contributed by atoms with Crippen molar-refractivity contribution in [3.8, 4) is 11.5 Å². The molecule has 1 unspecified atom stereocenters. The number of carbonyl (C=O) groups excluding carboxylic acids is 1. The zero-order valence-electron chi connectivity index (χ0n) is 14.7. The van der Waals surface area contributed by atoms with Crippen LogP contribution in [0.4, 0.5) is 0 Å². The third-order valence-electron chi connectivity index (χ3n) is 3.62. The van der Waals surface area contributed by atoms with Gasteiger partial charge in [0, 0.05) is 0 Å². The summed E-state index contributed by atoms with van der Waals surface area (Å²) in [6.45, 7) is 9.23. The summed E-state index contributed by atoms with van der Waals surface area (Å²) >= 11 is 1.44. The van der Waals surface area contributed by atoms with Gasteiger partial charge in [-0.2, -0.15) is 0 Å². The Labute approximate surface area is 147 Å². The molecule has 1 amide bonds. The van der Waals surface area contributed by atoms with Gasteiger partial charge in [-0.1, -0.05) is 26.0 Å². The van der Waals surface area contributed by atoms with Crippen LogP contribution < -0.4 is 14.8 Å². The Morgan fingerprint density at radius 3 is 2.42 bits per heavy atom. The molecule has 0 bridgehead atoms. The zero-order chi connectivity index (χ0) is 17.5. The first-order valence-corrected chi connectivity index (χ1v) is 9.18. The van der Waals surface area contributed by atoms with Crippen LogP contribution in [0.1, 0.15) is 49.0 Å². The largest absolute Gasteiger partial charge is 0.490 e. The van der Waals surface area contributed by atoms with E-state index in [0.717, 1.165) is 16.2 Å². The first-order chi connectivity index (χ1) is 11.6. The molecule has 0 radical (unpaired) electrons. The van der Waals surface area contributed by atoms with Gasteiger partial charge < -0.3 is 14.8 Å². The van der Waals surface area contributed by atoms with Crippen molar-refractivity contribution < 1.29 is 14.3 Å². The standard InChI is InChI=1S/C19H25NO3S/c1-5-22-15-10-9-14(12-16(15)23-6-2)18(13(3)4)20-19(21)17-8-7-11-24-17/h7-13,18H,5-6H2,1-4H3,(H,20,21). The second-order valence-electron chi connectivity index (χ2n) is 5.74. The van der Waals surface area contributed by atoms with Gasteiger partial charge in [0.15, 0.2) is 11.5 Å². The molecule has 2 aromatic rings. The monoisotopic (exact) mass is 347 g/mol. The Hall–Kier alpha value is -2.01. The molecule has 0 saturated carbocycles. The molecule has 0 aliphatic heterocycles. The number of rotatable bonds is 8. The molecule has 0 aliphatic rings. The van der Waals surface area contributed by atoms with Crippen LogP contribution >= 0.6 is 11.3 Å². The molecule has 1 N–H and O–H groups in total. The van der Waals surface area contributed by atoms with Crippen molar-refractivity contribution in [1.82, 2.24) is 5.32 Å². The van der Waals surface area contributed by atoms with E-state index in [-0.39, 0.29) is 17.9 Å². The number of amides is 1. The van der Waals surface area contributed by atoms with Gasteiger partial charge in [-0.05, 0) is 48.9 Å². The molecule has 1 aromatic heterocycles. The summed E-state index contributed by atoms with van der Waals surface area (Å²) in [4.78, 5) is 13.1. The Balaban J connectivity index is 2.26. The molecule has 4 nitrogen and oxygen atoms in total. The van der Waals surface area contributed by atoms with E-state index in [4.69, 9.17) is 9.47 Å². The highest BCUT2D eigenvalue weighted by Crippen LogP contribution is 2.33. The van der Waals surface area contributed by atoms with E-state index in [1.165, 1.54) is 11.3 Å². The first-order valence-electron chi connectivity index (χ1n) is 8.30. The van der Waals surface area contributed by atoms with Crippen molar-refractivity contribution in [3.63, 3.8) is 0 Å². The second-order valence-corrected chi connectivity index (χ2v) is 6.69. The lowest BCUT2D eigenvalue weighted by molar-refractivity contribution is 0.0929. The lowest BCUT2D eigenvalue weighted by Crippen LogP contribution is -2.31. The fourth-order valence-corrected chi connectivity index (χ4v) is 3.14. The number of hydrogen-bond donors (Lipinski definition) is 1. The predicted octanol–water partition coefficient (Wildman–Crippen LogP) is 4.67. The van der Waals surface area contributed by atoms with E-state index in [9.17, 15) is 4.79 Å². The highest BCUT2D eigenvalue weighted by atomic mass is 32.1. The van der Waals surface area contributed by atoms with Gasteiger partial charge in [-0.3, -0.25) is 4.79 Å². The molecule has 1 atom stereocenters. The molecule has 2 rings (SSSR count). The minimum atomic E-state index is -0.0884. The van der Waals surface area contributed by atoms with E-state index in [2.05, 4.69) is 19.2 Å². The maximum absolute atomic E-state index is 12.4. The van der Waals surface area contributed by atoms with Gasteiger partial charge >= 0.3 is 0 Å². The topological polar surface area (TPSA) is 47.6 Å². The summed E-state index contributed by atoms with van der Waals surface area (Å²) in [5, 5.41) is 5.04. The third kappa shape index (κ3) is 4.51. The summed E-state index contributed by atoms with van der Waals surface area (Å²) in [6.07, 6.45) is 0. The molecule has 0 spiro atoms. The molecule has 0 saturated heterocycles. The normalized spacial score (nSPS) is 12.0. The maximum Gasteiger partial charge on any atom is 0.261 e. The van der Waals surface area contributed by atoms with Crippen LogP contribution in [-0.2, 0) is 0 Å². The molecule has 1 heterocycles. The van der Waals surface area contributed by atoms with Crippen molar-refractivity contribution in [1.29, 1.82) is 0 Å². The molecule has 0 aliphatic carbocycles. The highest BCUT2D eigenvalue weighted by Gasteiger charge is 2.21. The van der Waals surface area contributed by atoms with Crippen molar-refractivity contribution >= 4 is 17.2 Å². The summed E-state index contributed by atoms with van der Waals surface area (Å²) in [7, 11) is 0. The molecule has 1 aromatic carbocycles. The molecular weight excluding hydrogens is 322 g/mol. The average molecular weight is 347 g/mol. The van der Waals surface area contributed by atoms with Gasteiger partial charge in [-0.15, -0.1) is 11.3 Å². The maximum atomic E-state index is 12.4. The summed E-state index contributed by atoms with van der Waals surface area (Å²) in [5.41, 5.74) is 1.02. The fourth-order valence-electron chi connectivity index (χ4n) is 2.52. The van der Waals surface area contributed by atoms with Crippen LogP contribution in [0, 0.1) is 5.92 Å². The Morgan fingerprint density at radius 2 is 1.83 bits per heavy atom. The quantitative estimate of drug-likeness (QED) is 0.755. The lowest BCUT2D eigenvalue weighted by Gasteiger charge is -2.24. The average Bonchev–Trinajstić information content (AvgIpc) is 3.09. The van der Waals surface area contributed by atoms with Gasteiger partial charge in [-0.25, -0.2) is 0 Å². The number of benzene rings is 1. The van der Waals surface area contributed by atoms with E-state index in [1.54, 1.807) is 0 Å². The molecule has 5 heteroatoms. The molecule has 24 heavy (non-hydrogen) atoms. The zero-order valence-corrected chi connectivity index (χ0v) is 15.5. The van der Waals surface area contributed by atoms with Crippen molar-refractivity contribution in [2.75, 3.05) is 13.2 Å². The number of ether oxygens (including phenoxy) is 2. The van der Waals surface area contributed by atoms with E-state index in [0.29, 0.717) is 19.0 Å². The Kier molecular flexibility index (Phi) is 6.67. The van der Waals surface area contributed by atoms with Gasteiger partial charge in [0.05, 0.1) is 24.1 Å². The van der Waals surface area contributed by atoms with Crippen molar-refractivity contribution in [2.45, 2.75) is 33.7 Å². The SMILES string of the molecule is CCOc1ccc(C(NC(=O)c2cccs2)C(C)C)cc1OCC. The number of hydrogen-bond acceptors (Lipinski definition) is 4. The number of thiophene rings is 1. The van der Waals surface area contributed by atoms with Crippen LogP contribution in [0.2, 0.25) is 0 Å². The van der Waals surface area contributed by atoms with Gasteiger partial charge in [0.25, 0.3) is 5.91 Å². The second kappa shape index (κ2) is 8.73.